The summed E-state index contributed by atoms with van der Waals surface area (Å²) in [5.41, 5.74) is 4.24. The lowest BCUT2D eigenvalue weighted by Crippen LogP contribution is -2.27. The van der Waals surface area contributed by atoms with Crippen LogP contribution >= 0.6 is 11.9 Å². The maximum atomic E-state index is 11.6. The molecule has 0 saturated heterocycles. The Hall–Kier alpha value is -0.960. The summed E-state index contributed by atoms with van der Waals surface area (Å²) in [6.07, 6.45) is 5.58. The largest absolute Gasteiger partial charge is 0.285 e. The topological polar surface area (TPSA) is 20.3 Å². The summed E-state index contributed by atoms with van der Waals surface area (Å²) in [6, 6.07) is 4.38. The highest BCUT2D eigenvalue weighted by atomic mass is 32.2. The van der Waals surface area contributed by atoms with E-state index in [0.717, 1.165) is 0 Å². The lowest BCUT2D eigenvalue weighted by molar-refractivity contribution is -0.124. The number of likely N-dealkylation sites (N-methyl/N-ethyl adjacent to an activating group) is 1. The van der Waals surface area contributed by atoms with Gasteiger partial charge in [-0.25, -0.2) is 0 Å². The second-order valence-corrected chi connectivity index (χ2v) is 5.70. The van der Waals surface area contributed by atoms with Gasteiger partial charge in [0, 0.05) is 11.9 Å². The molecule has 84 valence electrons. The Bertz CT molecular complexity index is 455. The van der Waals surface area contributed by atoms with Crippen LogP contribution in [0.4, 0.5) is 0 Å². The van der Waals surface area contributed by atoms with E-state index in [2.05, 4.69) is 12.1 Å². The molecule has 0 spiro atoms. The highest BCUT2D eigenvalue weighted by Gasteiger charge is 2.25. The molecule has 0 radical (unpaired) electrons. The minimum Gasteiger partial charge on any atom is -0.285 e. The summed E-state index contributed by atoms with van der Waals surface area (Å²) in [5.74, 6) is 0.216. The van der Waals surface area contributed by atoms with Gasteiger partial charge in [0.25, 0.3) is 0 Å². The molecule has 1 amide bonds. The molecule has 0 unspecified atom stereocenters. The van der Waals surface area contributed by atoms with Gasteiger partial charge in [-0.2, -0.15) is 0 Å². The van der Waals surface area contributed by atoms with Crippen LogP contribution < -0.4 is 0 Å². The maximum absolute atomic E-state index is 11.6. The van der Waals surface area contributed by atoms with E-state index in [9.17, 15) is 4.79 Å². The maximum Gasteiger partial charge on any atom is 0.236 e. The third kappa shape index (κ3) is 1.54. The van der Waals surface area contributed by atoms with Crippen molar-refractivity contribution in [2.75, 3.05) is 7.05 Å². The molecule has 0 bridgehead atoms. The van der Waals surface area contributed by atoms with E-state index in [1.807, 2.05) is 7.05 Å². The summed E-state index contributed by atoms with van der Waals surface area (Å²) in [5, 5.41) is 0. The van der Waals surface area contributed by atoms with Crippen molar-refractivity contribution >= 4 is 17.9 Å². The Kier molecular flexibility index (Phi) is 2.43. The summed E-state index contributed by atoms with van der Waals surface area (Å²) >= 11 is 1.62. The van der Waals surface area contributed by atoms with Crippen LogP contribution in [0.2, 0.25) is 0 Å². The summed E-state index contributed by atoms with van der Waals surface area (Å²) in [6.45, 7) is 0. The number of aryl methyl sites for hydroxylation is 1. The van der Waals surface area contributed by atoms with Crippen molar-refractivity contribution in [2.45, 2.75) is 37.0 Å². The SMILES string of the molecule is CN1Sc2c(ccc3c2CCCC3)CC1=O. The molecule has 0 saturated carbocycles. The number of amides is 1. The quantitative estimate of drug-likeness (QED) is 0.642. The van der Waals surface area contributed by atoms with Crippen LogP contribution in [0.5, 0.6) is 0 Å². The van der Waals surface area contributed by atoms with Gasteiger partial charge in [-0.1, -0.05) is 12.1 Å². The van der Waals surface area contributed by atoms with Crippen LogP contribution in [0.1, 0.15) is 29.5 Å². The fourth-order valence-corrected chi connectivity index (χ4v) is 3.60. The van der Waals surface area contributed by atoms with Crippen LogP contribution in [0.15, 0.2) is 17.0 Å². The first-order valence-electron chi connectivity index (χ1n) is 5.84. The zero-order valence-electron chi connectivity index (χ0n) is 9.45. The predicted octanol–water partition coefficient (Wildman–Crippen LogP) is 2.59. The molecule has 3 rings (SSSR count). The number of carbonyl (C=O) groups is 1. The Morgan fingerprint density at radius 2 is 1.94 bits per heavy atom. The van der Waals surface area contributed by atoms with Crippen LogP contribution in [0, 0.1) is 0 Å². The molecule has 2 aliphatic rings. The lowest BCUT2D eigenvalue weighted by Gasteiger charge is -2.28. The highest BCUT2D eigenvalue weighted by Crippen LogP contribution is 2.38. The van der Waals surface area contributed by atoms with Gasteiger partial charge in [-0.15, -0.1) is 0 Å². The Balaban J connectivity index is 2.10. The first kappa shape index (κ1) is 10.2. The van der Waals surface area contributed by atoms with Gasteiger partial charge < -0.3 is 0 Å². The normalized spacial score (nSPS) is 19.3. The Morgan fingerprint density at radius 3 is 2.81 bits per heavy atom. The highest BCUT2D eigenvalue weighted by molar-refractivity contribution is 7.97. The summed E-state index contributed by atoms with van der Waals surface area (Å²) in [7, 11) is 1.87. The van der Waals surface area contributed by atoms with Gasteiger partial charge in [0.2, 0.25) is 5.91 Å². The van der Waals surface area contributed by atoms with E-state index in [1.165, 1.54) is 47.3 Å². The average molecular weight is 233 g/mol. The van der Waals surface area contributed by atoms with Gasteiger partial charge >= 0.3 is 0 Å². The molecule has 16 heavy (non-hydrogen) atoms. The minimum atomic E-state index is 0.216. The van der Waals surface area contributed by atoms with Crippen molar-refractivity contribution in [3.63, 3.8) is 0 Å². The Morgan fingerprint density at radius 1 is 1.19 bits per heavy atom. The van der Waals surface area contributed by atoms with E-state index in [1.54, 1.807) is 16.3 Å². The Labute approximate surface area is 100 Å². The van der Waals surface area contributed by atoms with Crippen LogP contribution in [-0.2, 0) is 24.1 Å². The molecule has 1 aliphatic carbocycles. The van der Waals surface area contributed by atoms with E-state index >= 15 is 0 Å². The van der Waals surface area contributed by atoms with E-state index in [-0.39, 0.29) is 5.91 Å². The van der Waals surface area contributed by atoms with Crippen molar-refractivity contribution in [1.82, 2.24) is 4.31 Å². The molecule has 0 aromatic heterocycles. The fourth-order valence-electron chi connectivity index (χ4n) is 2.56. The van der Waals surface area contributed by atoms with Gasteiger partial charge in [-0.3, -0.25) is 9.10 Å². The number of nitrogens with zero attached hydrogens (tertiary/aromatic N) is 1. The monoisotopic (exact) mass is 233 g/mol. The smallest absolute Gasteiger partial charge is 0.236 e. The lowest BCUT2D eigenvalue weighted by atomic mass is 9.89. The van der Waals surface area contributed by atoms with Crippen molar-refractivity contribution in [3.05, 3.63) is 28.8 Å². The second kappa shape index (κ2) is 3.81. The van der Waals surface area contributed by atoms with E-state index in [4.69, 9.17) is 0 Å². The van der Waals surface area contributed by atoms with Crippen molar-refractivity contribution < 1.29 is 4.79 Å². The van der Waals surface area contributed by atoms with Crippen molar-refractivity contribution in [3.8, 4) is 0 Å². The zero-order valence-corrected chi connectivity index (χ0v) is 10.3. The molecule has 1 aromatic carbocycles. The molecule has 3 heteroatoms. The van der Waals surface area contributed by atoms with E-state index in [0.29, 0.717) is 6.42 Å². The number of carbonyl (C=O) groups excluding carboxylic acids is 1. The molecule has 0 fully saturated rings. The van der Waals surface area contributed by atoms with Gasteiger partial charge in [0.05, 0.1) is 6.42 Å². The van der Waals surface area contributed by atoms with Crippen molar-refractivity contribution in [1.29, 1.82) is 0 Å². The van der Waals surface area contributed by atoms with Crippen LogP contribution in [0.25, 0.3) is 0 Å². The molecule has 1 aliphatic heterocycles. The molecule has 0 N–H and O–H groups in total. The number of fused-ring (bicyclic) bond motifs is 3. The van der Waals surface area contributed by atoms with Gasteiger partial charge in [-0.05, 0) is 54.3 Å². The van der Waals surface area contributed by atoms with Crippen LogP contribution in [0.3, 0.4) is 0 Å². The molecule has 1 heterocycles. The van der Waals surface area contributed by atoms with Gasteiger partial charge in [0.1, 0.15) is 0 Å². The third-order valence-corrected chi connectivity index (χ3v) is 4.65. The van der Waals surface area contributed by atoms with Gasteiger partial charge in [0.15, 0.2) is 0 Å². The molecular weight excluding hydrogens is 218 g/mol. The molecule has 2 nitrogen and oxygen atoms in total. The predicted molar refractivity (Wildman–Crippen MR) is 65.4 cm³/mol. The van der Waals surface area contributed by atoms with E-state index < -0.39 is 0 Å². The second-order valence-electron chi connectivity index (χ2n) is 4.56. The molecule has 1 aromatic rings. The molecule has 0 atom stereocenters. The average Bonchev–Trinajstić information content (AvgIpc) is 2.31. The third-order valence-electron chi connectivity index (χ3n) is 3.48. The minimum absolute atomic E-state index is 0.216. The molecular formula is C13H15NOS. The van der Waals surface area contributed by atoms with Crippen LogP contribution in [-0.4, -0.2) is 17.3 Å². The number of hydrogen-bond acceptors (Lipinski definition) is 2. The summed E-state index contributed by atoms with van der Waals surface area (Å²) < 4.78 is 1.78. The number of benzene rings is 1. The van der Waals surface area contributed by atoms with Crippen molar-refractivity contribution in [2.24, 2.45) is 0 Å². The standard InChI is InChI=1S/C13H15NOS/c1-14-12(15)8-10-7-6-9-4-2-3-5-11(9)13(10)16-14/h6-7H,2-5,8H2,1H3. The first-order chi connectivity index (χ1) is 7.75. The number of hydrogen-bond donors (Lipinski definition) is 0. The first-order valence-corrected chi connectivity index (χ1v) is 6.61. The number of rotatable bonds is 0. The fraction of sp³-hybridized carbons (Fsp3) is 0.462. The summed E-state index contributed by atoms with van der Waals surface area (Å²) in [4.78, 5) is 13.0. The zero-order chi connectivity index (χ0) is 11.1.